The molecule has 2 amide bonds. The number of nitrogens with zero attached hydrogens (tertiary/aromatic N) is 2. The predicted octanol–water partition coefficient (Wildman–Crippen LogP) is 5.96. The van der Waals surface area contributed by atoms with Crippen molar-refractivity contribution in [3.05, 3.63) is 86.5 Å². The van der Waals surface area contributed by atoms with Gasteiger partial charge in [0, 0.05) is 27.5 Å². The molecule has 0 saturated carbocycles. The third-order valence-electron chi connectivity index (χ3n) is 6.33. The Labute approximate surface area is 213 Å². The molecule has 0 aliphatic carbocycles. The lowest BCUT2D eigenvalue weighted by Crippen LogP contribution is -2.49. The third-order valence-corrected chi connectivity index (χ3v) is 7.82. The highest BCUT2D eigenvalue weighted by molar-refractivity contribution is 9.10. The summed E-state index contributed by atoms with van der Waals surface area (Å²) in [7, 11) is 0. The van der Waals surface area contributed by atoms with Crippen LogP contribution in [-0.4, -0.2) is 47.4 Å². The van der Waals surface area contributed by atoms with E-state index in [1.165, 1.54) is 4.88 Å². The smallest absolute Gasteiger partial charge is 0.254 e. The average Bonchev–Trinajstić information content (AvgIpc) is 3.34. The summed E-state index contributed by atoms with van der Waals surface area (Å²) in [6.07, 6.45) is 1.59. The Morgan fingerprint density at radius 2 is 1.97 bits per heavy atom. The highest BCUT2D eigenvalue weighted by Gasteiger charge is 2.34. The zero-order valence-electron chi connectivity index (χ0n) is 19.4. The van der Waals surface area contributed by atoms with Crippen LogP contribution in [0.1, 0.15) is 47.1 Å². The van der Waals surface area contributed by atoms with Gasteiger partial charge in [0.05, 0.1) is 6.04 Å². The van der Waals surface area contributed by atoms with Gasteiger partial charge in [0.1, 0.15) is 18.9 Å². The van der Waals surface area contributed by atoms with E-state index in [-0.39, 0.29) is 30.4 Å². The molecule has 0 unspecified atom stereocenters. The van der Waals surface area contributed by atoms with E-state index in [2.05, 4.69) is 27.4 Å². The van der Waals surface area contributed by atoms with Gasteiger partial charge >= 0.3 is 0 Å². The molecule has 2 aromatic carbocycles. The predicted molar refractivity (Wildman–Crippen MR) is 139 cm³/mol. The SMILES string of the molecule is CC[C@@H](C)N(CC(=O)N1CCc2sccc2[C@@H]1COc1ccccc1)C(=O)c1cccc(Br)c1. The molecule has 0 fully saturated rings. The van der Waals surface area contributed by atoms with Crippen LogP contribution in [0.5, 0.6) is 5.75 Å². The van der Waals surface area contributed by atoms with Crippen LogP contribution in [0.25, 0.3) is 0 Å². The molecule has 1 aromatic heterocycles. The summed E-state index contributed by atoms with van der Waals surface area (Å²) in [5, 5.41) is 2.08. The summed E-state index contributed by atoms with van der Waals surface area (Å²) < 4.78 is 6.92. The summed E-state index contributed by atoms with van der Waals surface area (Å²) in [5.41, 5.74) is 1.72. The molecule has 1 aliphatic heterocycles. The Kier molecular flexibility index (Phi) is 8.06. The minimum atomic E-state index is -0.178. The number of para-hydroxylation sites is 1. The highest BCUT2D eigenvalue weighted by Crippen LogP contribution is 2.34. The summed E-state index contributed by atoms with van der Waals surface area (Å²) in [5.74, 6) is 0.597. The van der Waals surface area contributed by atoms with Crippen LogP contribution < -0.4 is 4.74 Å². The van der Waals surface area contributed by atoms with Crippen LogP contribution in [0, 0.1) is 0 Å². The van der Waals surface area contributed by atoms with Crippen molar-refractivity contribution in [1.29, 1.82) is 0 Å². The molecule has 7 heteroatoms. The average molecular weight is 542 g/mol. The quantitative estimate of drug-likeness (QED) is 0.354. The zero-order valence-corrected chi connectivity index (χ0v) is 21.8. The number of amides is 2. The Hall–Kier alpha value is -2.64. The van der Waals surface area contributed by atoms with E-state index >= 15 is 0 Å². The Morgan fingerprint density at radius 1 is 1.18 bits per heavy atom. The number of hydrogen-bond acceptors (Lipinski definition) is 4. The van der Waals surface area contributed by atoms with Gasteiger partial charge in [0.15, 0.2) is 0 Å². The molecular formula is C27H29BrN2O3S. The second kappa shape index (κ2) is 11.2. The lowest BCUT2D eigenvalue weighted by Gasteiger charge is -2.38. The second-order valence-corrected chi connectivity index (χ2v) is 10.4. The van der Waals surface area contributed by atoms with Crippen LogP contribution >= 0.6 is 27.3 Å². The Bertz CT molecular complexity index is 1130. The van der Waals surface area contributed by atoms with Crippen molar-refractivity contribution in [1.82, 2.24) is 9.80 Å². The van der Waals surface area contributed by atoms with Gasteiger partial charge in [0.25, 0.3) is 5.91 Å². The molecule has 2 heterocycles. The molecule has 3 aromatic rings. The Balaban J connectivity index is 1.55. The fourth-order valence-electron chi connectivity index (χ4n) is 4.24. The van der Waals surface area contributed by atoms with Crippen LogP contribution in [0.15, 0.2) is 70.5 Å². The van der Waals surface area contributed by atoms with Crippen molar-refractivity contribution >= 4 is 39.1 Å². The molecule has 5 nitrogen and oxygen atoms in total. The van der Waals surface area contributed by atoms with Crippen LogP contribution in [0.2, 0.25) is 0 Å². The summed E-state index contributed by atoms with van der Waals surface area (Å²) in [6, 6.07) is 18.9. The molecule has 0 saturated heterocycles. The largest absolute Gasteiger partial charge is 0.491 e. The van der Waals surface area contributed by atoms with Crippen LogP contribution in [0.3, 0.4) is 0 Å². The van der Waals surface area contributed by atoms with Crippen molar-refractivity contribution in [2.45, 2.75) is 38.8 Å². The maximum absolute atomic E-state index is 13.7. The van der Waals surface area contributed by atoms with Gasteiger partial charge in [0.2, 0.25) is 5.91 Å². The molecular weight excluding hydrogens is 512 g/mol. The van der Waals surface area contributed by atoms with Crippen LogP contribution in [-0.2, 0) is 11.2 Å². The fourth-order valence-corrected chi connectivity index (χ4v) is 5.57. The Morgan fingerprint density at radius 3 is 2.71 bits per heavy atom. The molecule has 0 spiro atoms. The lowest BCUT2D eigenvalue weighted by molar-refractivity contribution is -0.136. The number of rotatable bonds is 8. The number of thiophene rings is 1. The van der Waals surface area contributed by atoms with Gasteiger partial charge < -0.3 is 14.5 Å². The highest BCUT2D eigenvalue weighted by atomic mass is 79.9. The first kappa shape index (κ1) is 24.5. The van der Waals surface area contributed by atoms with Gasteiger partial charge in [-0.3, -0.25) is 9.59 Å². The zero-order chi connectivity index (χ0) is 24.1. The maximum atomic E-state index is 13.7. The normalized spacial score (nSPS) is 16.0. The monoisotopic (exact) mass is 540 g/mol. The van der Waals surface area contributed by atoms with E-state index in [1.54, 1.807) is 28.4 Å². The van der Waals surface area contributed by atoms with E-state index in [9.17, 15) is 9.59 Å². The van der Waals surface area contributed by atoms with Crippen molar-refractivity contribution in [3.63, 3.8) is 0 Å². The second-order valence-electron chi connectivity index (χ2n) is 8.48. The fraction of sp³-hybridized carbons (Fsp3) is 0.333. The van der Waals surface area contributed by atoms with Gasteiger partial charge in [-0.25, -0.2) is 0 Å². The number of hydrogen-bond donors (Lipinski definition) is 0. The topological polar surface area (TPSA) is 49.9 Å². The number of halogens is 1. The number of benzene rings is 2. The van der Waals surface area contributed by atoms with Gasteiger partial charge in [-0.05, 0) is 67.1 Å². The first-order chi connectivity index (χ1) is 16.5. The molecule has 0 radical (unpaired) electrons. The van der Waals surface area contributed by atoms with Gasteiger partial charge in [-0.2, -0.15) is 0 Å². The summed E-state index contributed by atoms with van der Waals surface area (Å²) >= 11 is 5.17. The van der Waals surface area contributed by atoms with E-state index in [0.717, 1.165) is 28.6 Å². The minimum absolute atomic E-state index is 0.0433. The first-order valence-corrected chi connectivity index (χ1v) is 13.2. The minimum Gasteiger partial charge on any atom is -0.491 e. The molecule has 4 rings (SSSR count). The number of fused-ring (bicyclic) bond motifs is 1. The standard InChI is InChI=1S/C27H29BrN2O3S/c1-3-19(2)30(27(32)20-8-7-9-21(28)16-20)17-26(31)29-14-12-25-23(13-15-34-25)24(29)18-33-22-10-5-4-6-11-22/h4-11,13,15-16,19,24H,3,12,14,17-18H2,1-2H3/t19-,24+/m1/s1. The molecule has 34 heavy (non-hydrogen) atoms. The molecule has 2 atom stereocenters. The number of ether oxygens (including phenoxy) is 1. The van der Waals surface area contributed by atoms with Crippen molar-refractivity contribution in [3.8, 4) is 5.75 Å². The molecule has 178 valence electrons. The van der Waals surface area contributed by atoms with Crippen LogP contribution in [0.4, 0.5) is 0 Å². The van der Waals surface area contributed by atoms with E-state index in [0.29, 0.717) is 18.7 Å². The summed E-state index contributed by atoms with van der Waals surface area (Å²) in [4.78, 5) is 31.9. The van der Waals surface area contributed by atoms with E-state index in [4.69, 9.17) is 4.74 Å². The number of carbonyl (C=O) groups is 2. The van der Waals surface area contributed by atoms with Crippen molar-refractivity contribution < 1.29 is 14.3 Å². The summed E-state index contributed by atoms with van der Waals surface area (Å²) in [6.45, 7) is 5.07. The molecule has 0 bridgehead atoms. The maximum Gasteiger partial charge on any atom is 0.254 e. The van der Waals surface area contributed by atoms with E-state index < -0.39 is 0 Å². The van der Waals surface area contributed by atoms with Crippen molar-refractivity contribution in [2.75, 3.05) is 19.7 Å². The number of carbonyl (C=O) groups excluding carboxylic acids is 2. The lowest BCUT2D eigenvalue weighted by atomic mass is 10.00. The van der Waals surface area contributed by atoms with Gasteiger partial charge in [-0.1, -0.05) is 47.1 Å². The molecule has 1 aliphatic rings. The van der Waals surface area contributed by atoms with E-state index in [1.807, 2.05) is 61.2 Å². The van der Waals surface area contributed by atoms with Gasteiger partial charge in [-0.15, -0.1) is 11.3 Å². The first-order valence-electron chi connectivity index (χ1n) is 11.6. The van der Waals surface area contributed by atoms with Crippen molar-refractivity contribution in [2.24, 2.45) is 0 Å². The third kappa shape index (κ3) is 5.53. The molecule has 0 N–H and O–H groups in total.